The van der Waals surface area contributed by atoms with Gasteiger partial charge in [0.05, 0.1) is 21.3 Å². The van der Waals surface area contributed by atoms with Crippen molar-refractivity contribution in [2.75, 3.05) is 5.32 Å². The number of nitrogens with one attached hydrogen (secondary N) is 1. The fourth-order valence-corrected chi connectivity index (χ4v) is 2.89. The molecule has 0 spiro atoms. The van der Waals surface area contributed by atoms with Gasteiger partial charge >= 0.3 is 5.97 Å². The highest BCUT2D eigenvalue weighted by molar-refractivity contribution is 6.44. The summed E-state index contributed by atoms with van der Waals surface area (Å²) in [4.78, 5) is 23.8. The smallest absolute Gasteiger partial charge is 0.336 e. The second-order valence-corrected chi connectivity index (χ2v) is 6.56. The number of hydrogen-bond donors (Lipinski definition) is 2. The van der Waals surface area contributed by atoms with Crippen LogP contribution in [0, 0.1) is 11.3 Å². The molecule has 0 saturated heterocycles. The van der Waals surface area contributed by atoms with Crippen LogP contribution in [0.2, 0.25) is 10.0 Å². The van der Waals surface area contributed by atoms with Crippen molar-refractivity contribution in [3.63, 3.8) is 0 Å². The third-order valence-electron chi connectivity index (χ3n) is 3.90. The van der Waals surface area contributed by atoms with Gasteiger partial charge in [-0.2, -0.15) is 5.26 Å². The van der Waals surface area contributed by atoms with Crippen molar-refractivity contribution in [3.05, 3.63) is 81.5 Å². The monoisotopic (exact) mass is 426 g/mol. The van der Waals surface area contributed by atoms with E-state index in [0.29, 0.717) is 11.3 Å². The lowest BCUT2D eigenvalue weighted by molar-refractivity contribution is -0.112. The molecule has 29 heavy (non-hydrogen) atoms. The molecule has 1 amide bonds. The summed E-state index contributed by atoms with van der Waals surface area (Å²) in [7, 11) is 0. The Hall–Kier alpha value is -3.53. The van der Waals surface area contributed by atoms with Crippen LogP contribution >= 0.6 is 23.2 Å². The highest BCUT2D eigenvalue weighted by atomic mass is 35.5. The van der Waals surface area contributed by atoms with Gasteiger partial charge in [-0.25, -0.2) is 4.79 Å². The number of carboxylic acid groups (broad SMARTS) is 1. The number of amides is 1. The average molecular weight is 427 g/mol. The van der Waals surface area contributed by atoms with E-state index in [0.717, 1.165) is 0 Å². The van der Waals surface area contributed by atoms with Crippen LogP contribution in [0.5, 0.6) is 0 Å². The molecule has 0 atom stereocenters. The molecule has 1 aromatic heterocycles. The maximum atomic E-state index is 12.4. The lowest BCUT2D eigenvalue weighted by Gasteiger charge is -2.07. The van der Waals surface area contributed by atoms with Crippen LogP contribution in [0.25, 0.3) is 17.4 Å². The number of carbonyl (C=O) groups is 2. The van der Waals surface area contributed by atoms with E-state index in [1.54, 1.807) is 48.5 Å². The third-order valence-corrected chi connectivity index (χ3v) is 4.72. The van der Waals surface area contributed by atoms with Gasteiger partial charge in [-0.3, -0.25) is 4.79 Å². The number of carboxylic acids is 1. The van der Waals surface area contributed by atoms with E-state index < -0.39 is 11.9 Å². The van der Waals surface area contributed by atoms with E-state index in [9.17, 15) is 20.0 Å². The van der Waals surface area contributed by atoms with Gasteiger partial charge in [-0.1, -0.05) is 47.5 Å². The molecule has 2 aromatic carbocycles. The Labute approximate surface area is 175 Å². The number of furan rings is 1. The zero-order valence-corrected chi connectivity index (χ0v) is 16.2. The van der Waals surface area contributed by atoms with Gasteiger partial charge in [0.15, 0.2) is 0 Å². The summed E-state index contributed by atoms with van der Waals surface area (Å²) in [6.45, 7) is 0. The minimum absolute atomic E-state index is 0.0752. The topological polar surface area (TPSA) is 103 Å². The Kier molecular flexibility index (Phi) is 6.03. The standard InChI is InChI=1S/C21H12Cl2N2O4/c22-16-6-3-7-17(19(16)23)25-20(26)12(11-24)10-13-8-9-18(29-13)14-4-1-2-5-15(14)21(27)28/h1-10H,(H,25,26)(H,27,28)/b12-10+. The maximum Gasteiger partial charge on any atom is 0.336 e. The first kappa shape index (κ1) is 20.2. The number of anilines is 1. The molecule has 2 N–H and O–H groups in total. The van der Waals surface area contributed by atoms with Crippen LogP contribution in [0.15, 0.2) is 64.6 Å². The second-order valence-electron chi connectivity index (χ2n) is 5.78. The van der Waals surface area contributed by atoms with E-state index in [2.05, 4.69) is 5.32 Å². The Morgan fingerprint density at radius 1 is 1.07 bits per heavy atom. The molecule has 0 unspecified atom stereocenters. The van der Waals surface area contributed by atoms with E-state index in [4.69, 9.17) is 27.6 Å². The van der Waals surface area contributed by atoms with Gasteiger partial charge < -0.3 is 14.8 Å². The molecule has 144 valence electrons. The number of nitrogens with zero attached hydrogens (tertiary/aromatic N) is 1. The number of halogens is 2. The van der Waals surface area contributed by atoms with E-state index in [1.807, 2.05) is 0 Å². The van der Waals surface area contributed by atoms with Crippen molar-refractivity contribution in [2.45, 2.75) is 0 Å². The van der Waals surface area contributed by atoms with Crippen molar-refractivity contribution in [1.29, 1.82) is 5.26 Å². The first-order valence-corrected chi connectivity index (χ1v) is 8.96. The molecule has 0 saturated carbocycles. The number of aromatic carboxylic acids is 1. The van der Waals surface area contributed by atoms with Crippen molar-refractivity contribution in [1.82, 2.24) is 0 Å². The lowest BCUT2D eigenvalue weighted by atomic mass is 10.1. The summed E-state index contributed by atoms with van der Waals surface area (Å²) in [5, 5.41) is 21.6. The third kappa shape index (κ3) is 4.49. The molecule has 3 aromatic rings. The van der Waals surface area contributed by atoms with Crippen molar-refractivity contribution < 1.29 is 19.1 Å². The van der Waals surface area contributed by atoms with Crippen LogP contribution in [0.4, 0.5) is 5.69 Å². The van der Waals surface area contributed by atoms with Gasteiger partial charge in [0.25, 0.3) is 5.91 Å². The molecular weight excluding hydrogens is 415 g/mol. The fourth-order valence-electron chi connectivity index (χ4n) is 2.54. The minimum Gasteiger partial charge on any atom is -0.478 e. The predicted octanol–water partition coefficient (Wildman–Crippen LogP) is 5.50. The van der Waals surface area contributed by atoms with Gasteiger partial charge in [-0.15, -0.1) is 0 Å². The second kappa shape index (κ2) is 8.65. The summed E-state index contributed by atoms with van der Waals surface area (Å²) < 4.78 is 5.62. The Bertz CT molecular complexity index is 1180. The molecule has 8 heteroatoms. The Balaban J connectivity index is 1.88. The molecule has 3 rings (SSSR count). The maximum absolute atomic E-state index is 12.4. The van der Waals surface area contributed by atoms with Crippen LogP contribution in [0.1, 0.15) is 16.1 Å². The number of carbonyl (C=O) groups excluding carboxylic acids is 1. The zero-order valence-electron chi connectivity index (χ0n) is 14.6. The molecule has 0 aliphatic carbocycles. The molecule has 0 aliphatic heterocycles. The molecule has 6 nitrogen and oxygen atoms in total. The summed E-state index contributed by atoms with van der Waals surface area (Å²) in [6.07, 6.45) is 1.25. The number of nitriles is 1. The van der Waals surface area contributed by atoms with Crippen LogP contribution < -0.4 is 5.32 Å². The van der Waals surface area contributed by atoms with Crippen molar-refractivity contribution >= 4 is 46.8 Å². The molecule has 0 aliphatic rings. The van der Waals surface area contributed by atoms with Gasteiger partial charge in [0, 0.05) is 11.6 Å². The summed E-state index contributed by atoms with van der Waals surface area (Å²) in [5.74, 6) is -1.28. The van der Waals surface area contributed by atoms with Crippen LogP contribution in [0.3, 0.4) is 0 Å². The van der Waals surface area contributed by atoms with Crippen molar-refractivity contribution in [3.8, 4) is 17.4 Å². The Morgan fingerprint density at radius 2 is 1.83 bits per heavy atom. The zero-order chi connectivity index (χ0) is 21.0. The highest BCUT2D eigenvalue weighted by Crippen LogP contribution is 2.30. The first-order valence-electron chi connectivity index (χ1n) is 8.20. The number of benzene rings is 2. The number of rotatable bonds is 5. The van der Waals surface area contributed by atoms with E-state index >= 15 is 0 Å². The van der Waals surface area contributed by atoms with Crippen LogP contribution in [-0.2, 0) is 4.79 Å². The Morgan fingerprint density at radius 3 is 2.55 bits per heavy atom. The SMILES string of the molecule is N#C/C(=C\c1ccc(-c2ccccc2C(=O)O)o1)C(=O)Nc1cccc(Cl)c1Cl. The van der Waals surface area contributed by atoms with Crippen molar-refractivity contribution in [2.24, 2.45) is 0 Å². The highest BCUT2D eigenvalue weighted by Gasteiger charge is 2.16. The average Bonchev–Trinajstić information content (AvgIpc) is 3.18. The minimum atomic E-state index is -1.09. The van der Waals surface area contributed by atoms with Gasteiger partial charge in [0.1, 0.15) is 23.2 Å². The summed E-state index contributed by atoms with van der Waals surface area (Å²) in [6, 6.07) is 16.0. The van der Waals surface area contributed by atoms with E-state index in [-0.39, 0.29) is 32.6 Å². The molecule has 0 fully saturated rings. The quantitative estimate of drug-likeness (QED) is 0.414. The summed E-state index contributed by atoms with van der Waals surface area (Å²) in [5.41, 5.74) is 0.494. The predicted molar refractivity (Wildman–Crippen MR) is 110 cm³/mol. The van der Waals surface area contributed by atoms with Gasteiger partial charge in [0.2, 0.25) is 0 Å². The first-order chi connectivity index (χ1) is 13.9. The number of hydrogen-bond acceptors (Lipinski definition) is 4. The van der Waals surface area contributed by atoms with Gasteiger partial charge in [-0.05, 0) is 30.3 Å². The van der Waals surface area contributed by atoms with Crippen LogP contribution in [-0.4, -0.2) is 17.0 Å². The molecule has 0 bridgehead atoms. The largest absolute Gasteiger partial charge is 0.478 e. The van der Waals surface area contributed by atoms with E-state index in [1.165, 1.54) is 18.2 Å². The lowest BCUT2D eigenvalue weighted by Crippen LogP contribution is -2.13. The molecular formula is C21H12Cl2N2O4. The molecule has 0 radical (unpaired) electrons. The fraction of sp³-hybridized carbons (Fsp3) is 0. The normalized spacial score (nSPS) is 11.0. The summed E-state index contributed by atoms with van der Waals surface area (Å²) >= 11 is 12.0. The molecule has 1 heterocycles.